The van der Waals surface area contributed by atoms with E-state index >= 15 is 0 Å². The largest absolute Gasteiger partial charge is 0.0853 e. The molecule has 0 amide bonds. The fourth-order valence-corrected chi connectivity index (χ4v) is 1.84. The zero-order chi connectivity index (χ0) is 8.65. The molecule has 0 N–H and O–H groups in total. The van der Waals surface area contributed by atoms with Crippen molar-refractivity contribution in [2.24, 2.45) is 0 Å². The number of allylic oxidation sites excluding steroid dienone is 2. The molecule has 69 valence electrons. The molecule has 0 fully saturated rings. The van der Waals surface area contributed by atoms with E-state index in [2.05, 4.69) is 13.0 Å². The van der Waals surface area contributed by atoms with Crippen LogP contribution in [0.2, 0.25) is 0 Å². The lowest BCUT2D eigenvalue weighted by Gasteiger charge is -2.11. The second-order valence-corrected chi connectivity index (χ2v) is 3.77. The molecule has 0 aliphatic heterocycles. The topological polar surface area (TPSA) is 0 Å². The minimum absolute atomic E-state index is 1.11. The molecule has 0 aromatic rings. The highest BCUT2D eigenvalue weighted by Gasteiger charge is 2.02. The molecule has 12 heavy (non-hydrogen) atoms. The first kappa shape index (κ1) is 9.83. The van der Waals surface area contributed by atoms with Crippen LogP contribution < -0.4 is 0 Å². The van der Waals surface area contributed by atoms with Crippen LogP contribution in [0.4, 0.5) is 0 Å². The maximum Gasteiger partial charge on any atom is -0.0320 e. The van der Waals surface area contributed by atoms with Gasteiger partial charge in [0.2, 0.25) is 0 Å². The highest BCUT2D eigenvalue weighted by atomic mass is 14.1. The van der Waals surface area contributed by atoms with Gasteiger partial charge in [-0.1, -0.05) is 37.8 Å². The Hall–Kier alpha value is -0.260. The predicted octanol–water partition coefficient (Wildman–Crippen LogP) is 4.27. The first-order valence-corrected chi connectivity index (χ1v) is 5.40. The molecule has 0 heteroatoms. The van der Waals surface area contributed by atoms with Crippen LogP contribution in [0.1, 0.15) is 57.8 Å². The van der Waals surface area contributed by atoms with Crippen LogP contribution in [-0.2, 0) is 0 Å². The van der Waals surface area contributed by atoms with E-state index in [-0.39, 0.29) is 0 Å². The Labute approximate surface area is 77.1 Å². The molecule has 0 aromatic carbocycles. The summed E-state index contributed by atoms with van der Waals surface area (Å²) < 4.78 is 0. The summed E-state index contributed by atoms with van der Waals surface area (Å²) in [5.41, 5.74) is 1.73. The second-order valence-electron chi connectivity index (χ2n) is 3.77. The maximum atomic E-state index is 3.86. The summed E-state index contributed by atoms with van der Waals surface area (Å²) >= 11 is 0. The lowest BCUT2D eigenvalue weighted by Crippen LogP contribution is -1.91. The van der Waals surface area contributed by atoms with Crippen LogP contribution in [0.3, 0.4) is 0 Å². The van der Waals surface area contributed by atoms with Crippen LogP contribution in [0.25, 0.3) is 0 Å². The van der Waals surface area contributed by atoms with Crippen molar-refractivity contribution in [1.82, 2.24) is 0 Å². The van der Waals surface area contributed by atoms with E-state index < -0.39 is 0 Å². The van der Waals surface area contributed by atoms with Crippen LogP contribution in [-0.4, -0.2) is 0 Å². The molecule has 0 saturated heterocycles. The van der Waals surface area contributed by atoms with Gasteiger partial charge < -0.3 is 0 Å². The molecule has 0 nitrogen and oxygen atoms in total. The van der Waals surface area contributed by atoms with E-state index in [9.17, 15) is 0 Å². The third-order valence-electron chi connectivity index (χ3n) is 2.63. The lowest BCUT2D eigenvalue weighted by atomic mass is 9.95. The van der Waals surface area contributed by atoms with Gasteiger partial charge in [0.15, 0.2) is 0 Å². The van der Waals surface area contributed by atoms with Gasteiger partial charge >= 0.3 is 0 Å². The van der Waals surface area contributed by atoms with Gasteiger partial charge in [0, 0.05) is 0 Å². The van der Waals surface area contributed by atoms with Gasteiger partial charge in [-0.05, 0) is 38.5 Å². The molecular weight excluding hydrogens is 144 g/mol. The summed E-state index contributed by atoms with van der Waals surface area (Å²) in [5.74, 6) is 0. The molecular formula is C12H21. The molecule has 0 aromatic heterocycles. The van der Waals surface area contributed by atoms with E-state index in [1.807, 2.05) is 0 Å². The van der Waals surface area contributed by atoms with Gasteiger partial charge in [0.05, 0.1) is 0 Å². The Bertz CT molecular complexity index is 133. The maximum absolute atomic E-state index is 3.86. The van der Waals surface area contributed by atoms with Gasteiger partial charge in [0.25, 0.3) is 0 Å². The Morgan fingerprint density at radius 2 is 2.08 bits per heavy atom. The van der Waals surface area contributed by atoms with E-state index in [1.54, 1.807) is 5.57 Å². The van der Waals surface area contributed by atoms with Crippen molar-refractivity contribution in [3.63, 3.8) is 0 Å². The summed E-state index contributed by atoms with van der Waals surface area (Å²) in [6.45, 7) is 3.86. The highest BCUT2D eigenvalue weighted by molar-refractivity contribution is 5.04. The number of hydrogen-bond donors (Lipinski definition) is 0. The molecule has 1 radical (unpaired) electrons. The Morgan fingerprint density at radius 3 is 2.75 bits per heavy atom. The van der Waals surface area contributed by atoms with Crippen LogP contribution in [0.5, 0.6) is 0 Å². The van der Waals surface area contributed by atoms with Crippen molar-refractivity contribution in [2.45, 2.75) is 57.8 Å². The van der Waals surface area contributed by atoms with E-state index in [1.165, 1.54) is 51.4 Å². The number of rotatable bonds is 5. The van der Waals surface area contributed by atoms with Gasteiger partial charge in [-0.25, -0.2) is 0 Å². The van der Waals surface area contributed by atoms with Crippen LogP contribution in [0, 0.1) is 6.92 Å². The predicted molar refractivity (Wildman–Crippen MR) is 55.0 cm³/mol. The van der Waals surface area contributed by atoms with E-state index in [4.69, 9.17) is 0 Å². The molecule has 0 heterocycles. The average molecular weight is 165 g/mol. The van der Waals surface area contributed by atoms with Crippen molar-refractivity contribution in [2.75, 3.05) is 0 Å². The van der Waals surface area contributed by atoms with Gasteiger partial charge in [-0.2, -0.15) is 0 Å². The van der Waals surface area contributed by atoms with Crippen LogP contribution in [0.15, 0.2) is 11.6 Å². The zero-order valence-electron chi connectivity index (χ0n) is 8.15. The van der Waals surface area contributed by atoms with Crippen LogP contribution >= 0.6 is 0 Å². The van der Waals surface area contributed by atoms with Crippen molar-refractivity contribution in [1.29, 1.82) is 0 Å². The average Bonchev–Trinajstić information content (AvgIpc) is 2.14. The third kappa shape index (κ3) is 3.94. The zero-order valence-corrected chi connectivity index (χ0v) is 8.15. The van der Waals surface area contributed by atoms with E-state index in [0.717, 1.165) is 6.42 Å². The summed E-state index contributed by atoms with van der Waals surface area (Å²) in [6.07, 6.45) is 14.6. The molecule has 1 aliphatic rings. The first-order chi connectivity index (χ1) is 5.93. The van der Waals surface area contributed by atoms with Crippen molar-refractivity contribution >= 4 is 0 Å². The molecule has 0 atom stereocenters. The van der Waals surface area contributed by atoms with Crippen molar-refractivity contribution in [3.05, 3.63) is 18.6 Å². The Kier molecular flexibility index (Phi) is 5.14. The van der Waals surface area contributed by atoms with Crippen molar-refractivity contribution < 1.29 is 0 Å². The molecule has 0 unspecified atom stereocenters. The Balaban J connectivity index is 2.01. The summed E-state index contributed by atoms with van der Waals surface area (Å²) in [6, 6.07) is 0. The minimum atomic E-state index is 1.11. The number of hydrogen-bond acceptors (Lipinski definition) is 0. The Morgan fingerprint density at radius 1 is 1.17 bits per heavy atom. The summed E-state index contributed by atoms with van der Waals surface area (Å²) in [4.78, 5) is 0. The SMILES string of the molecule is [CH2]CCCCCC1=CCCCC1. The van der Waals surface area contributed by atoms with Gasteiger partial charge in [0.1, 0.15) is 0 Å². The summed E-state index contributed by atoms with van der Waals surface area (Å²) in [5, 5.41) is 0. The molecule has 0 bridgehead atoms. The monoisotopic (exact) mass is 165 g/mol. The van der Waals surface area contributed by atoms with Crippen molar-refractivity contribution in [3.8, 4) is 0 Å². The third-order valence-corrected chi connectivity index (χ3v) is 2.63. The standard InChI is InChI=1S/C12H21/c1-2-3-4-6-9-12-10-7-5-8-11-12/h10H,1-9,11H2. The first-order valence-electron chi connectivity index (χ1n) is 5.40. The van der Waals surface area contributed by atoms with E-state index in [0.29, 0.717) is 0 Å². The minimum Gasteiger partial charge on any atom is -0.0853 e. The normalized spacial score (nSPS) is 17.6. The smallest absolute Gasteiger partial charge is 0.0320 e. The fraction of sp³-hybridized carbons (Fsp3) is 0.750. The molecule has 0 spiro atoms. The molecule has 1 aliphatic carbocycles. The summed E-state index contributed by atoms with van der Waals surface area (Å²) in [7, 11) is 0. The quantitative estimate of drug-likeness (QED) is 0.421. The fourth-order valence-electron chi connectivity index (χ4n) is 1.84. The molecule has 1 rings (SSSR count). The number of unbranched alkanes of at least 4 members (excludes halogenated alkanes) is 3. The highest BCUT2D eigenvalue weighted by Crippen LogP contribution is 2.22. The van der Waals surface area contributed by atoms with Gasteiger partial charge in [-0.15, -0.1) is 0 Å². The molecule has 0 saturated carbocycles. The second kappa shape index (κ2) is 6.28. The lowest BCUT2D eigenvalue weighted by molar-refractivity contribution is 0.629. The van der Waals surface area contributed by atoms with Gasteiger partial charge in [-0.3, -0.25) is 0 Å².